The zero-order valence-electron chi connectivity index (χ0n) is 16.8. The number of hydrogen-bond acceptors (Lipinski definition) is 7. The molecule has 1 aliphatic rings. The van der Waals surface area contributed by atoms with Crippen LogP contribution in [0.25, 0.3) is 11.5 Å². The smallest absolute Gasteiger partial charge is 0.265 e. The number of hydrogen-bond donors (Lipinski definition) is 0. The Morgan fingerprint density at radius 2 is 2.10 bits per heavy atom. The van der Waals surface area contributed by atoms with E-state index in [1.807, 2.05) is 19.3 Å². The molecule has 3 aromatic heterocycles. The van der Waals surface area contributed by atoms with Crippen molar-refractivity contribution in [3.05, 3.63) is 46.4 Å². The Balaban J connectivity index is 1.62. The van der Waals surface area contributed by atoms with E-state index in [0.29, 0.717) is 27.9 Å². The minimum absolute atomic E-state index is 0.230. The Morgan fingerprint density at radius 1 is 1.30 bits per heavy atom. The maximum Gasteiger partial charge on any atom is 0.265 e. The van der Waals surface area contributed by atoms with E-state index < -0.39 is 6.43 Å². The van der Waals surface area contributed by atoms with Gasteiger partial charge in [0, 0.05) is 45.7 Å². The van der Waals surface area contributed by atoms with Crippen LogP contribution in [0, 0.1) is 0 Å². The van der Waals surface area contributed by atoms with Crippen molar-refractivity contribution in [3.8, 4) is 11.5 Å². The van der Waals surface area contributed by atoms with Crippen LogP contribution < -0.4 is 9.80 Å². The van der Waals surface area contributed by atoms with Crippen molar-refractivity contribution >= 4 is 28.8 Å². The summed E-state index contributed by atoms with van der Waals surface area (Å²) in [4.78, 5) is 28.5. The van der Waals surface area contributed by atoms with Crippen LogP contribution in [0.5, 0.6) is 0 Å². The molecule has 30 heavy (non-hydrogen) atoms. The first-order valence-electron chi connectivity index (χ1n) is 9.37. The van der Waals surface area contributed by atoms with E-state index >= 15 is 0 Å². The SMILES string of the molecule is CC(=O)N(C)c1cc(C(F)F)cnc1Cc1nc(-c2cc3c(cn2)N(C)CC3)ns1. The van der Waals surface area contributed by atoms with Gasteiger partial charge in [0.15, 0.2) is 5.82 Å². The number of likely N-dealkylation sites (N-methyl/N-ethyl adjacent to an activating group) is 1. The predicted molar refractivity (Wildman–Crippen MR) is 111 cm³/mol. The highest BCUT2D eigenvalue weighted by Crippen LogP contribution is 2.30. The Hall–Kier alpha value is -3.01. The first kappa shape index (κ1) is 20.3. The average Bonchev–Trinajstić information content (AvgIpc) is 3.34. The topological polar surface area (TPSA) is 75.1 Å². The second-order valence-electron chi connectivity index (χ2n) is 7.17. The fourth-order valence-electron chi connectivity index (χ4n) is 3.35. The molecule has 0 aliphatic carbocycles. The Kier molecular flexibility index (Phi) is 5.42. The van der Waals surface area contributed by atoms with Crippen LogP contribution in [0.4, 0.5) is 20.2 Å². The van der Waals surface area contributed by atoms with E-state index in [2.05, 4.69) is 24.2 Å². The number of fused-ring (bicyclic) bond motifs is 1. The van der Waals surface area contributed by atoms with E-state index in [4.69, 9.17) is 0 Å². The van der Waals surface area contributed by atoms with Gasteiger partial charge in [-0.2, -0.15) is 4.37 Å². The summed E-state index contributed by atoms with van der Waals surface area (Å²) in [5.41, 5.74) is 3.64. The van der Waals surface area contributed by atoms with Gasteiger partial charge >= 0.3 is 0 Å². The molecule has 0 bridgehead atoms. The van der Waals surface area contributed by atoms with Crippen molar-refractivity contribution in [2.45, 2.75) is 26.2 Å². The molecule has 4 heterocycles. The molecule has 0 saturated carbocycles. The van der Waals surface area contributed by atoms with Gasteiger partial charge in [-0.15, -0.1) is 0 Å². The third-order valence-corrected chi connectivity index (χ3v) is 5.87. The zero-order valence-corrected chi connectivity index (χ0v) is 17.6. The van der Waals surface area contributed by atoms with Crippen molar-refractivity contribution in [2.75, 3.05) is 30.4 Å². The van der Waals surface area contributed by atoms with Crippen molar-refractivity contribution in [1.29, 1.82) is 0 Å². The molecule has 0 saturated heterocycles. The number of anilines is 2. The molecular formula is C20H20F2N6OS. The maximum absolute atomic E-state index is 13.1. The third-order valence-electron chi connectivity index (χ3n) is 5.16. The molecule has 7 nitrogen and oxygen atoms in total. The minimum Gasteiger partial charge on any atom is -0.373 e. The second-order valence-corrected chi connectivity index (χ2v) is 8.01. The lowest BCUT2D eigenvalue weighted by Crippen LogP contribution is -2.24. The summed E-state index contributed by atoms with van der Waals surface area (Å²) in [6, 6.07) is 3.31. The number of carbonyl (C=O) groups is 1. The summed E-state index contributed by atoms with van der Waals surface area (Å²) >= 11 is 1.21. The molecule has 1 amide bonds. The molecule has 0 radical (unpaired) electrons. The molecule has 4 rings (SSSR count). The summed E-state index contributed by atoms with van der Waals surface area (Å²) in [5, 5.41) is 0.667. The van der Waals surface area contributed by atoms with Crippen LogP contribution in [0.15, 0.2) is 24.5 Å². The lowest BCUT2D eigenvalue weighted by atomic mass is 10.1. The molecular weight excluding hydrogens is 410 g/mol. The summed E-state index contributed by atoms with van der Waals surface area (Å²) in [6.45, 7) is 2.34. The Morgan fingerprint density at radius 3 is 2.83 bits per heavy atom. The van der Waals surface area contributed by atoms with Gasteiger partial charge in [0.1, 0.15) is 10.7 Å². The largest absolute Gasteiger partial charge is 0.373 e. The van der Waals surface area contributed by atoms with Crippen molar-refractivity contribution in [1.82, 2.24) is 19.3 Å². The van der Waals surface area contributed by atoms with Crippen LogP contribution in [0.2, 0.25) is 0 Å². The molecule has 0 spiro atoms. The molecule has 0 atom stereocenters. The average molecular weight is 430 g/mol. The molecule has 3 aromatic rings. The molecule has 0 fully saturated rings. The molecule has 156 valence electrons. The normalized spacial score (nSPS) is 13.1. The van der Waals surface area contributed by atoms with Crippen LogP contribution >= 0.6 is 11.5 Å². The number of rotatable bonds is 5. The highest BCUT2D eigenvalue weighted by atomic mass is 32.1. The van der Waals surface area contributed by atoms with Crippen LogP contribution in [0.3, 0.4) is 0 Å². The summed E-state index contributed by atoms with van der Waals surface area (Å²) in [5.74, 6) is 0.257. The number of nitrogens with zero attached hydrogens (tertiary/aromatic N) is 6. The lowest BCUT2D eigenvalue weighted by molar-refractivity contribution is -0.116. The van der Waals surface area contributed by atoms with Gasteiger partial charge in [-0.1, -0.05) is 0 Å². The fourth-order valence-corrected chi connectivity index (χ4v) is 4.01. The second kappa shape index (κ2) is 8.02. The quantitative estimate of drug-likeness (QED) is 0.617. The summed E-state index contributed by atoms with van der Waals surface area (Å²) in [7, 11) is 3.57. The fraction of sp³-hybridized carbons (Fsp3) is 0.350. The maximum atomic E-state index is 13.1. The third kappa shape index (κ3) is 3.87. The molecule has 0 aromatic carbocycles. The highest BCUT2D eigenvalue weighted by molar-refractivity contribution is 7.05. The highest BCUT2D eigenvalue weighted by Gasteiger charge is 2.20. The molecule has 10 heteroatoms. The van der Waals surface area contributed by atoms with Crippen molar-refractivity contribution in [3.63, 3.8) is 0 Å². The monoisotopic (exact) mass is 430 g/mol. The van der Waals surface area contributed by atoms with E-state index in [1.54, 1.807) is 0 Å². The van der Waals surface area contributed by atoms with Crippen molar-refractivity contribution < 1.29 is 13.6 Å². The number of alkyl halides is 2. The number of carbonyl (C=O) groups excluding carboxylic acids is 1. The Bertz CT molecular complexity index is 1100. The number of pyridine rings is 2. The van der Waals surface area contributed by atoms with Gasteiger partial charge in [0.2, 0.25) is 5.91 Å². The standard InChI is InChI=1S/C20H20F2N6OS/c1-11(29)28(3)16-7-13(19(21)22)9-23-14(16)8-18-25-20(26-30-18)15-6-12-4-5-27(2)17(12)10-24-15/h6-7,9-10,19H,4-5,8H2,1-3H3. The minimum atomic E-state index is -2.66. The van der Waals surface area contributed by atoms with Gasteiger partial charge in [0.05, 0.1) is 23.3 Å². The van der Waals surface area contributed by atoms with Crippen LogP contribution in [-0.2, 0) is 17.6 Å². The van der Waals surface area contributed by atoms with Gasteiger partial charge in [-0.3, -0.25) is 14.8 Å². The zero-order chi connectivity index (χ0) is 21.4. The van der Waals surface area contributed by atoms with E-state index in [-0.39, 0.29) is 17.9 Å². The first-order valence-corrected chi connectivity index (χ1v) is 10.1. The number of aromatic nitrogens is 4. The van der Waals surface area contributed by atoms with E-state index in [0.717, 1.165) is 24.8 Å². The van der Waals surface area contributed by atoms with E-state index in [9.17, 15) is 13.6 Å². The number of halogens is 2. The van der Waals surface area contributed by atoms with Gasteiger partial charge in [-0.05, 0) is 35.6 Å². The lowest BCUT2D eigenvalue weighted by Gasteiger charge is -2.19. The molecule has 0 unspecified atom stereocenters. The summed E-state index contributed by atoms with van der Waals surface area (Å²) in [6.07, 6.45) is 1.55. The molecule has 0 N–H and O–H groups in total. The Labute approximate surface area is 176 Å². The molecule has 1 aliphatic heterocycles. The van der Waals surface area contributed by atoms with Gasteiger partial charge < -0.3 is 9.80 Å². The number of amides is 1. The van der Waals surface area contributed by atoms with Crippen molar-refractivity contribution in [2.24, 2.45) is 0 Å². The predicted octanol–water partition coefficient (Wildman–Crippen LogP) is 3.50. The van der Waals surface area contributed by atoms with Crippen LogP contribution in [-0.4, -0.2) is 45.9 Å². The van der Waals surface area contributed by atoms with Crippen LogP contribution in [0.1, 0.15) is 35.2 Å². The van der Waals surface area contributed by atoms with Gasteiger partial charge in [0.25, 0.3) is 6.43 Å². The van der Waals surface area contributed by atoms with Gasteiger partial charge in [-0.25, -0.2) is 13.8 Å². The summed E-state index contributed by atoms with van der Waals surface area (Å²) < 4.78 is 30.6. The first-order chi connectivity index (χ1) is 14.3. The van der Waals surface area contributed by atoms with E-state index in [1.165, 1.54) is 42.0 Å².